The minimum Gasteiger partial charge on any atom is -0.379 e. The van der Waals surface area contributed by atoms with Gasteiger partial charge in [0.1, 0.15) is 6.04 Å². The summed E-state index contributed by atoms with van der Waals surface area (Å²) in [5.74, 6) is 0.456. The highest BCUT2D eigenvalue weighted by atomic mass is 32.1. The molecule has 6 nitrogen and oxygen atoms in total. The Kier molecular flexibility index (Phi) is 6.34. The van der Waals surface area contributed by atoms with Crippen LogP contribution < -0.4 is 10.3 Å². The van der Waals surface area contributed by atoms with E-state index in [2.05, 4.69) is 10.5 Å². The number of hydrogen-bond acceptors (Lipinski definition) is 5. The number of amides is 2. The summed E-state index contributed by atoms with van der Waals surface area (Å²) in [6, 6.07) is 7.04. The summed E-state index contributed by atoms with van der Waals surface area (Å²) in [5.41, 5.74) is 6.40. The van der Waals surface area contributed by atoms with Gasteiger partial charge in [0.25, 0.3) is 5.91 Å². The Morgan fingerprint density at radius 3 is 2.57 bits per heavy atom. The second-order valence-electron chi connectivity index (χ2n) is 7.58. The molecule has 1 saturated heterocycles. The first-order valence-corrected chi connectivity index (χ1v) is 10.5. The Morgan fingerprint density at radius 1 is 1.25 bits per heavy atom. The fourth-order valence-electron chi connectivity index (χ4n) is 3.28. The van der Waals surface area contributed by atoms with Crippen LogP contribution in [0, 0.1) is 18.8 Å². The van der Waals surface area contributed by atoms with Gasteiger partial charge < -0.3 is 9.74 Å². The van der Waals surface area contributed by atoms with Crippen molar-refractivity contribution in [3.63, 3.8) is 0 Å². The highest BCUT2D eigenvalue weighted by Gasteiger charge is 2.36. The van der Waals surface area contributed by atoms with Crippen molar-refractivity contribution in [2.75, 3.05) is 6.54 Å². The Labute approximate surface area is 169 Å². The molecular formula is C21H27N3O3S. The van der Waals surface area contributed by atoms with Gasteiger partial charge in [-0.15, -0.1) is 11.3 Å². The molecule has 0 aliphatic carbocycles. The molecule has 0 saturated carbocycles. The van der Waals surface area contributed by atoms with Crippen molar-refractivity contribution in [2.24, 2.45) is 11.8 Å². The molecule has 0 spiro atoms. The molecule has 1 fully saturated rings. The van der Waals surface area contributed by atoms with Gasteiger partial charge in [-0.2, -0.15) is 5.48 Å². The zero-order chi connectivity index (χ0) is 20.3. The molecular weight excluding hydrogens is 374 g/mol. The minimum atomic E-state index is -0.465. The Bertz CT molecular complexity index is 832. The van der Waals surface area contributed by atoms with E-state index < -0.39 is 6.04 Å². The topological polar surface area (TPSA) is 71.5 Å². The van der Waals surface area contributed by atoms with E-state index in [0.29, 0.717) is 18.7 Å². The number of nitrogens with one attached hydrogen (secondary N) is 1. The number of benzene rings is 1. The lowest BCUT2D eigenvalue weighted by molar-refractivity contribution is -0.144. The van der Waals surface area contributed by atoms with Crippen LogP contribution in [0.25, 0.3) is 10.4 Å². The van der Waals surface area contributed by atoms with Crippen LogP contribution in [0.1, 0.15) is 39.3 Å². The molecule has 1 aromatic heterocycles. The quantitative estimate of drug-likeness (QED) is 0.747. The number of rotatable bonds is 6. The van der Waals surface area contributed by atoms with Gasteiger partial charge in [0.15, 0.2) is 5.75 Å². The second-order valence-corrected chi connectivity index (χ2v) is 8.44. The number of aromatic nitrogens is 1. The van der Waals surface area contributed by atoms with Gasteiger partial charge in [-0.3, -0.25) is 9.59 Å². The summed E-state index contributed by atoms with van der Waals surface area (Å²) in [6.07, 6.45) is 1.49. The Morgan fingerprint density at radius 2 is 1.96 bits per heavy atom. The predicted octanol–water partition coefficient (Wildman–Crippen LogP) is 3.81. The molecule has 1 aliphatic rings. The van der Waals surface area contributed by atoms with E-state index in [9.17, 15) is 9.59 Å². The van der Waals surface area contributed by atoms with Crippen LogP contribution in [0.15, 0.2) is 29.8 Å². The SMILES string of the molecule is Cc1ncsc1-c1ccc(ONC(=O)[C@@H]2CCCN2C(=O)[C@@H](C)C(C)C)cc1. The number of likely N-dealkylation sites (tertiary alicyclic amines) is 1. The molecule has 0 unspecified atom stereocenters. The smallest absolute Gasteiger partial charge is 0.275 e. The number of thiazole rings is 1. The first-order valence-electron chi connectivity index (χ1n) is 9.66. The van der Waals surface area contributed by atoms with Crippen molar-refractivity contribution in [3.05, 3.63) is 35.5 Å². The average Bonchev–Trinajstić information content (AvgIpc) is 3.34. The van der Waals surface area contributed by atoms with E-state index in [1.165, 1.54) is 0 Å². The lowest BCUT2D eigenvalue weighted by Gasteiger charge is -2.28. The molecule has 150 valence electrons. The van der Waals surface area contributed by atoms with Crippen LogP contribution in [-0.4, -0.2) is 34.3 Å². The van der Waals surface area contributed by atoms with Crippen LogP contribution in [0.2, 0.25) is 0 Å². The van der Waals surface area contributed by atoms with Gasteiger partial charge in [0.2, 0.25) is 5.91 Å². The van der Waals surface area contributed by atoms with E-state index in [-0.39, 0.29) is 23.7 Å². The van der Waals surface area contributed by atoms with Gasteiger partial charge in [-0.05, 0) is 55.5 Å². The number of carbonyl (C=O) groups excluding carboxylic acids is 2. The van der Waals surface area contributed by atoms with E-state index in [1.54, 1.807) is 16.2 Å². The van der Waals surface area contributed by atoms with Crippen LogP contribution in [0.4, 0.5) is 0 Å². The number of aryl methyl sites for hydroxylation is 1. The first-order chi connectivity index (χ1) is 13.4. The maximum Gasteiger partial charge on any atom is 0.275 e. The summed E-state index contributed by atoms with van der Waals surface area (Å²) < 4.78 is 0. The molecule has 2 heterocycles. The number of hydrogen-bond donors (Lipinski definition) is 1. The third kappa shape index (κ3) is 4.35. The average molecular weight is 402 g/mol. The van der Waals surface area contributed by atoms with Crippen LogP contribution in [-0.2, 0) is 9.59 Å². The highest BCUT2D eigenvalue weighted by molar-refractivity contribution is 7.13. The van der Waals surface area contributed by atoms with Gasteiger partial charge in [0.05, 0.1) is 16.1 Å². The van der Waals surface area contributed by atoms with Crippen LogP contribution >= 0.6 is 11.3 Å². The molecule has 0 bridgehead atoms. The van der Waals surface area contributed by atoms with E-state index in [4.69, 9.17) is 4.84 Å². The standard InChI is InChI=1S/C21H27N3O3S/c1-13(2)14(3)21(26)24-11-5-6-18(24)20(25)23-27-17-9-7-16(8-10-17)19-15(4)22-12-28-19/h7-10,12-14,18H,5-6,11H2,1-4H3,(H,23,25)/t14-,18-/m0/s1. The molecule has 3 rings (SSSR count). The van der Waals surface area contributed by atoms with Gasteiger partial charge in [-0.25, -0.2) is 4.98 Å². The molecule has 1 N–H and O–H groups in total. The maximum atomic E-state index is 12.7. The first kappa shape index (κ1) is 20.3. The predicted molar refractivity (Wildman–Crippen MR) is 110 cm³/mol. The second kappa shape index (κ2) is 8.73. The molecule has 28 heavy (non-hydrogen) atoms. The molecule has 7 heteroatoms. The van der Waals surface area contributed by atoms with Gasteiger partial charge >= 0.3 is 0 Å². The number of hydroxylamine groups is 1. The van der Waals surface area contributed by atoms with E-state index in [1.807, 2.05) is 57.5 Å². The van der Waals surface area contributed by atoms with Crippen LogP contribution in [0.5, 0.6) is 5.75 Å². The molecule has 2 aromatic rings. The molecule has 1 aliphatic heterocycles. The lowest BCUT2D eigenvalue weighted by Crippen LogP contribution is -2.48. The van der Waals surface area contributed by atoms with Crippen LogP contribution in [0.3, 0.4) is 0 Å². The number of carbonyl (C=O) groups is 2. The normalized spacial score (nSPS) is 17.6. The van der Waals surface area contributed by atoms with Crippen molar-refractivity contribution >= 4 is 23.2 Å². The fourth-order valence-corrected chi connectivity index (χ4v) is 4.09. The maximum absolute atomic E-state index is 12.7. The summed E-state index contributed by atoms with van der Waals surface area (Å²) in [6.45, 7) is 8.56. The third-order valence-corrected chi connectivity index (χ3v) is 6.34. The zero-order valence-corrected chi connectivity index (χ0v) is 17.6. The van der Waals surface area contributed by atoms with Crippen molar-refractivity contribution < 1.29 is 14.4 Å². The molecule has 1 aromatic carbocycles. The highest BCUT2D eigenvalue weighted by Crippen LogP contribution is 2.28. The lowest BCUT2D eigenvalue weighted by atomic mass is 9.96. The van der Waals surface area contributed by atoms with Crippen molar-refractivity contribution in [1.82, 2.24) is 15.4 Å². The van der Waals surface area contributed by atoms with Gasteiger partial charge in [-0.1, -0.05) is 20.8 Å². The van der Waals surface area contributed by atoms with Gasteiger partial charge in [0, 0.05) is 12.5 Å². The monoisotopic (exact) mass is 401 g/mol. The summed E-state index contributed by atoms with van der Waals surface area (Å²) in [5, 5.41) is 0. The van der Waals surface area contributed by atoms with Crippen molar-refractivity contribution in [1.29, 1.82) is 0 Å². The summed E-state index contributed by atoms with van der Waals surface area (Å²) in [4.78, 5) is 37.8. The van der Waals surface area contributed by atoms with E-state index >= 15 is 0 Å². The van der Waals surface area contributed by atoms with Crippen molar-refractivity contribution in [3.8, 4) is 16.2 Å². The summed E-state index contributed by atoms with van der Waals surface area (Å²) >= 11 is 1.59. The third-order valence-electron chi connectivity index (χ3n) is 5.36. The molecule has 0 radical (unpaired) electrons. The molecule has 2 amide bonds. The molecule has 2 atom stereocenters. The van der Waals surface area contributed by atoms with Crippen molar-refractivity contribution in [2.45, 2.75) is 46.6 Å². The fraction of sp³-hybridized carbons (Fsp3) is 0.476. The summed E-state index contributed by atoms with van der Waals surface area (Å²) in [7, 11) is 0. The largest absolute Gasteiger partial charge is 0.379 e. The Balaban J connectivity index is 1.59. The Hall–Kier alpha value is -2.41. The minimum absolute atomic E-state index is 0.0388. The van der Waals surface area contributed by atoms with E-state index in [0.717, 1.165) is 22.6 Å². The zero-order valence-electron chi connectivity index (χ0n) is 16.8. The number of nitrogens with zero attached hydrogens (tertiary/aromatic N) is 2.